The molecule has 0 heterocycles. The van der Waals surface area contributed by atoms with E-state index in [1.54, 1.807) is 20.4 Å². The summed E-state index contributed by atoms with van der Waals surface area (Å²) >= 11 is 0. The van der Waals surface area contributed by atoms with Crippen molar-refractivity contribution in [3.8, 4) is 5.75 Å². The lowest BCUT2D eigenvalue weighted by molar-refractivity contribution is 0.407. The van der Waals surface area contributed by atoms with Crippen molar-refractivity contribution in [1.82, 2.24) is 0 Å². The van der Waals surface area contributed by atoms with Crippen LogP contribution in [0.5, 0.6) is 5.75 Å². The van der Waals surface area contributed by atoms with E-state index >= 15 is 0 Å². The highest BCUT2D eigenvalue weighted by Gasteiger charge is 2.05. The maximum atomic E-state index is 9.59. The van der Waals surface area contributed by atoms with E-state index in [0.29, 0.717) is 5.92 Å². The Morgan fingerprint density at radius 1 is 1.25 bits per heavy atom. The molecule has 0 saturated heterocycles. The zero-order valence-corrected chi connectivity index (χ0v) is 12.0. The molecule has 0 aliphatic heterocycles. The topological polar surface area (TPSA) is 26.3 Å². The Balaban J connectivity index is 0.000000487. The molecule has 0 N–H and O–H groups in total. The van der Waals surface area contributed by atoms with Crippen LogP contribution >= 0.6 is 7.80 Å². The summed E-state index contributed by atoms with van der Waals surface area (Å²) in [6, 6.07) is 6.34. The molecular weight excluding hydrogens is 219 g/mol. The molecule has 0 atom stereocenters. The van der Waals surface area contributed by atoms with Gasteiger partial charge in [-0.3, -0.25) is 0 Å². The van der Waals surface area contributed by atoms with Crippen LogP contribution in [0, 0.1) is 6.92 Å². The molecule has 0 aromatic heterocycles. The van der Waals surface area contributed by atoms with Gasteiger partial charge in [-0.15, -0.1) is 0 Å². The van der Waals surface area contributed by atoms with Crippen molar-refractivity contribution in [2.24, 2.45) is 0 Å². The van der Waals surface area contributed by atoms with Crippen LogP contribution in [-0.4, -0.2) is 20.4 Å². The summed E-state index contributed by atoms with van der Waals surface area (Å²) in [6.45, 7) is 9.78. The predicted octanol–water partition coefficient (Wildman–Crippen LogP) is 4.20. The monoisotopic (exact) mass is 241 g/mol. The highest BCUT2D eigenvalue weighted by atomic mass is 31.1. The molecule has 0 bridgehead atoms. The largest absolute Gasteiger partial charge is 0.496 e. The van der Waals surface area contributed by atoms with E-state index in [0.717, 1.165) is 5.75 Å². The van der Waals surface area contributed by atoms with Gasteiger partial charge in [0.1, 0.15) is 19.1 Å². The third-order valence-corrected chi connectivity index (χ3v) is 2.01. The van der Waals surface area contributed by atoms with Crippen LogP contribution in [0.4, 0.5) is 0 Å². The van der Waals surface area contributed by atoms with Gasteiger partial charge in [-0.05, 0) is 30.0 Å². The van der Waals surface area contributed by atoms with Gasteiger partial charge in [0.2, 0.25) is 0 Å². The van der Waals surface area contributed by atoms with E-state index in [1.165, 1.54) is 11.1 Å². The van der Waals surface area contributed by atoms with Gasteiger partial charge in [-0.25, -0.2) is 0 Å². The first-order valence-electron chi connectivity index (χ1n) is 5.37. The minimum atomic E-state index is -0.870. The lowest BCUT2D eigenvalue weighted by Gasteiger charge is -2.11. The first-order chi connectivity index (χ1) is 7.38. The van der Waals surface area contributed by atoms with Crippen molar-refractivity contribution < 1.29 is 9.30 Å². The highest BCUT2D eigenvalue weighted by molar-refractivity contribution is 7.42. The van der Waals surface area contributed by atoms with Crippen molar-refractivity contribution in [3.05, 3.63) is 29.3 Å². The summed E-state index contributed by atoms with van der Waals surface area (Å²) in [4.78, 5) is 0. The molecule has 0 aliphatic carbocycles. The molecule has 2 nitrogen and oxygen atoms in total. The molecule has 0 amide bonds. The molecule has 0 fully saturated rings. The van der Waals surface area contributed by atoms with Gasteiger partial charge in [-0.1, -0.05) is 30.5 Å². The smallest absolute Gasteiger partial charge is 0.332 e. The average Bonchev–Trinajstić information content (AvgIpc) is 2.16. The van der Waals surface area contributed by atoms with Crippen LogP contribution in [-0.2, 0) is 4.57 Å². The maximum absolute atomic E-state index is 9.59. The molecule has 1 rings (SSSR count). The van der Waals surface area contributed by atoms with Gasteiger partial charge in [0.25, 0.3) is 0 Å². The second-order valence-electron chi connectivity index (χ2n) is 4.21. The molecule has 0 unspecified atom stereocenters. The van der Waals surface area contributed by atoms with Crippen molar-refractivity contribution in [1.29, 1.82) is 0 Å². The molecule has 1 aromatic rings. The molecule has 0 spiro atoms. The minimum Gasteiger partial charge on any atom is -0.496 e. The number of aryl methyl sites for hydroxylation is 1. The number of rotatable bonds is 2. The Bertz CT molecular complexity index is 342. The Morgan fingerprint density at radius 3 is 2.12 bits per heavy atom. The van der Waals surface area contributed by atoms with Crippen molar-refractivity contribution in [2.75, 3.05) is 20.4 Å². The average molecular weight is 241 g/mol. The van der Waals surface area contributed by atoms with E-state index in [4.69, 9.17) is 4.74 Å². The number of hydrogen-bond acceptors (Lipinski definition) is 2. The van der Waals surface area contributed by atoms with Crippen molar-refractivity contribution in [2.45, 2.75) is 26.7 Å². The molecule has 3 heteroatoms. The van der Waals surface area contributed by atoms with Gasteiger partial charge in [-0.2, -0.15) is 0 Å². The van der Waals surface area contributed by atoms with Crippen molar-refractivity contribution >= 4 is 7.80 Å². The summed E-state index contributed by atoms with van der Waals surface area (Å²) in [7, 11) is 0.853. The quantitative estimate of drug-likeness (QED) is 0.725. The summed E-state index contributed by atoms with van der Waals surface area (Å²) in [5.41, 5.74) is 2.53. The van der Waals surface area contributed by atoms with E-state index in [-0.39, 0.29) is 0 Å². The first kappa shape index (κ1) is 15.1. The summed E-state index contributed by atoms with van der Waals surface area (Å²) < 4.78 is 14.9. The van der Waals surface area contributed by atoms with E-state index < -0.39 is 7.80 Å². The van der Waals surface area contributed by atoms with Gasteiger partial charge < -0.3 is 4.74 Å². The number of ether oxygens (including phenoxy) is 1. The van der Waals surface area contributed by atoms with E-state index in [2.05, 4.69) is 39.0 Å². The molecule has 0 aliphatic rings. The van der Waals surface area contributed by atoms with E-state index in [1.807, 2.05) is 0 Å². The van der Waals surface area contributed by atoms with Gasteiger partial charge in [0, 0.05) is 0 Å². The first-order valence-corrected chi connectivity index (χ1v) is 7.52. The lowest BCUT2D eigenvalue weighted by atomic mass is 10.0. The van der Waals surface area contributed by atoms with Crippen LogP contribution in [0.25, 0.3) is 0 Å². The fourth-order valence-electron chi connectivity index (χ4n) is 1.30. The Labute approximate surface area is 99.8 Å². The fourth-order valence-corrected chi connectivity index (χ4v) is 1.30. The predicted molar refractivity (Wildman–Crippen MR) is 71.3 cm³/mol. The normalized spacial score (nSPS) is 9.44. The van der Waals surface area contributed by atoms with Gasteiger partial charge in [0.05, 0.1) is 7.11 Å². The Kier molecular flexibility index (Phi) is 7.00. The second kappa shape index (κ2) is 7.40. The Morgan fingerprint density at radius 2 is 1.75 bits per heavy atom. The summed E-state index contributed by atoms with van der Waals surface area (Å²) in [6.07, 6.45) is 0. The van der Waals surface area contributed by atoms with Crippen LogP contribution in [0.2, 0.25) is 0 Å². The molecule has 1 aromatic carbocycles. The number of benzene rings is 1. The van der Waals surface area contributed by atoms with Gasteiger partial charge >= 0.3 is 7.80 Å². The van der Waals surface area contributed by atoms with Crippen LogP contribution in [0.15, 0.2) is 18.2 Å². The number of methoxy groups -OCH3 is 1. The standard InChI is InChI=1S/C11H16O.C2H6OP/c1-8(2)10-6-5-9(3)7-11(10)12-4;1-4(2)3/h5-8H,1-4H3;1-2H3/q;+1. The third-order valence-electron chi connectivity index (χ3n) is 2.01. The van der Waals surface area contributed by atoms with Crippen LogP contribution in [0.3, 0.4) is 0 Å². The maximum Gasteiger partial charge on any atom is 0.332 e. The minimum absolute atomic E-state index is 0.528. The molecule has 0 radical (unpaired) electrons. The fraction of sp³-hybridized carbons (Fsp3) is 0.538. The molecular formula is C13H22O2P+. The van der Waals surface area contributed by atoms with Crippen molar-refractivity contribution in [3.63, 3.8) is 0 Å². The van der Waals surface area contributed by atoms with Gasteiger partial charge in [0.15, 0.2) is 0 Å². The molecule has 16 heavy (non-hydrogen) atoms. The van der Waals surface area contributed by atoms with Crippen LogP contribution in [0.1, 0.15) is 30.9 Å². The van der Waals surface area contributed by atoms with Crippen LogP contribution < -0.4 is 4.74 Å². The third kappa shape index (κ3) is 5.87. The Hall–Kier alpha value is -0.880. The molecule has 90 valence electrons. The SMILES string of the molecule is COc1cc(C)ccc1C(C)C.C[P+](C)=O. The zero-order valence-electron chi connectivity index (χ0n) is 11.1. The molecule has 0 saturated carbocycles. The summed E-state index contributed by atoms with van der Waals surface area (Å²) in [5.74, 6) is 1.53. The second-order valence-corrected chi connectivity index (χ2v) is 5.84. The summed E-state index contributed by atoms with van der Waals surface area (Å²) in [5, 5.41) is 0. The lowest BCUT2D eigenvalue weighted by Crippen LogP contribution is -1.94. The zero-order chi connectivity index (χ0) is 12.7. The van der Waals surface area contributed by atoms with E-state index in [9.17, 15) is 4.57 Å². The highest BCUT2D eigenvalue weighted by Crippen LogP contribution is 2.26. The number of hydrogen-bond donors (Lipinski definition) is 0.